The van der Waals surface area contributed by atoms with Crippen LogP contribution in [-0.2, 0) is 11.2 Å². The lowest BCUT2D eigenvalue weighted by Gasteiger charge is -2.18. The number of benzene rings is 2. The molecule has 0 heterocycles. The number of aliphatic imine (C=N–C) groups is 1. The molecule has 6 nitrogen and oxygen atoms in total. The van der Waals surface area contributed by atoms with Gasteiger partial charge in [0, 0.05) is 13.6 Å². The number of nitrogens with one attached hydrogen (secondary N) is 2. The Kier molecular flexibility index (Phi) is 11.0. The van der Waals surface area contributed by atoms with Crippen molar-refractivity contribution in [1.82, 2.24) is 10.6 Å². The fourth-order valence-electron chi connectivity index (χ4n) is 2.51. The van der Waals surface area contributed by atoms with Gasteiger partial charge in [0.1, 0.15) is 6.10 Å². The second-order valence-corrected chi connectivity index (χ2v) is 6.18. The number of carbonyl (C=O) groups excluding carboxylic acids is 1. The van der Waals surface area contributed by atoms with Crippen molar-refractivity contribution in [3.05, 3.63) is 65.5 Å². The van der Waals surface area contributed by atoms with E-state index in [0.29, 0.717) is 24.6 Å². The van der Waals surface area contributed by atoms with Crippen LogP contribution in [0.15, 0.2) is 53.5 Å². The van der Waals surface area contributed by atoms with Gasteiger partial charge in [0.15, 0.2) is 17.5 Å². The van der Waals surface area contributed by atoms with Gasteiger partial charge in [0.05, 0.1) is 19.2 Å². The standard InChI is InChI=1S/C21H26FN3O3.HI/c1-15(28-19-7-5-4-6-18(19)22)14-25-21(23-2)24-13-12-16-8-10-17(11-9-16)20(26)27-3;/h4-11,15H,12-14H2,1-3H3,(H2,23,24,25);1H. The molecule has 0 aliphatic heterocycles. The van der Waals surface area contributed by atoms with E-state index in [1.807, 2.05) is 19.1 Å². The SMILES string of the molecule is CN=C(NCCc1ccc(C(=O)OC)cc1)NCC(C)Oc1ccccc1F.I. The van der Waals surface area contributed by atoms with Crippen LogP contribution in [0.5, 0.6) is 5.75 Å². The number of halogens is 2. The highest BCUT2D eigenvalue weighted by molar-refractivity contribution is 14.0. The number of ether oxygens (including phenoxy) is 2. The maximum Gasteiger partial charge on any atom is 0.337 e. The Hall–Kier alpha value is -2.36. The van der Waals surface area contributed by atoms with Crippen LogP contribution in [-0.4, -0.2) is 45.3 Å². The van der Waals surface area contributed by atoms with Crippen molar-refractivity contribution in [2.75, 3.05) is 27.2 Å². The van der Waals surface area contributed by atoms with Crippen molar-refractivity contribution in [2.45, 2.75) is 19.4 Å². The molecule has 0 fully saturated rings. The van der Waals surface area contributed by atoms with Gasteiger partial charge in [-0.25, -0.2) is 9.18 Å². The summed E-state index contributed by atoms with van der Waals surface area (Å²) in [5.74, 6) is 0.140. The third-order valence-electron chi connectivity index (χ3n) is 4.03. The van der Waals surface area contributed by atoms with E-state index in [4.69, 9.17) is 4.74 Å². The average Bonchev–Trinajstić information content (AvgIpc) is 2.72. The first-order valence-electron chi connectivity index (χ1n) is 9.06. The first kappa shape index (κ1) is 24.7. The smallest absolute Gasteiger partial charge is 0.337 e. The Morgan fingerprint density at radius 2 is 1.83 bits per heavy atom. The first-order chi connectivity index (χ1) is 13.5. The van der Waals surface area contributed by atoms with Crippen LogP contribution in [0.25, 0.3) is 0 Å². The van der Waals surface area contributed by atoms with E-state index in [2.05, 4.69) is 20.4 Å². The predicted octanol–water partition coefficient (Wildman–Crippen LogP) is 3.41. The number of nitrogens with zero attached hydrogens (tertiary/aromatic N) is 1. The van der Waals surface area contributed by atoms with Crippen molar-refractivity contribution in [1.29, 1.82) is 0 Å². The minimum Gasteiger partial charge on any atom is -0.486 e. The number of rotatable bonds is 8. The fraction of sp³-hybridized carbons (Fsp3) is 0.333. The predicted molar refractivity (Wildman–Crippen MR) is 123 cm³/mol. The highest BCUT2D eigenvalue weighted by Gasteiger charge is 2.09. The number of carbonyl (C=O) groups is 1. The summed E-state index contributed by atoms with van der Waals surface area (Å²) in [6.45, 7) is 3.00. The van der Waals surface area contributed by atoms with Crippen LogP contribution in [0.1, 0.15) is 22.8 Å². The second-order valence-electron chi connectivity index (χ2n) is 6.18. The topological polar surface area (TPSA) is 72.0 Å². The van der Waals surface area contributed by atoms with Gasteiger partial charge in [-0.2, -0.15) is 0 Å². The molecule has 1 unspecified atom stereocenters. The summed E-state index contributed by atoms with van der Waals surface area (Å²) in [7, 11) is 3.05. The molecule has 0 spiro atoms. The molecular formula is C21H27FIN3O3. The van der Waals surface area contributed by atoms with Crippen molar-refractivity contribution in [3.63, 3.8) is 0 Å². The third-order valence-corrected chi connectivity index (χ3v) is 4.03. The quantitative estimate of drug-likeness (QED) is 0.244. The summed E-state index contributed by atoms with van der Waals surface area (Å²) in [6, 6.07) is 13.6. The molecular weight excluding hydrogens is 488 g/mol. The number of hydrogen-bond acceptors (Lipinski definition) is 4. The third kappa shape index (κ3) is 8.26. The van der Waals surface area contributed by atoms with E-state index in [1.165, 1.54) is 13.2 Å². The summed E-state index contributed by atoms with van der Waals surface area (Å²) < 4.78 is 23.9. The van der Waals surface area contributed by atoms with Gasteiger partial charge >= 0.3 is 5.97 Å². The Morgan fingerprint density at radius 1 is 1.14 bits per heavy atom. The van der Waals surface area contributed by atoms with E-state index in [0.717, 1.165) is 12.0 Å². The van der Waals surface area contributed by atoms with Crippen LogP contribution >= 0.6 is 24.0 Å². The highest BCUT2D eigenvalue weighted by Crippen LogP contribution is 2.16. The maximum absolute atomic E-state index is 13.6. The molecule has 2 rings (SSSR count). The number of methoxy groups -OCH3 is 1. The number of para-hydroxylation sites is 1. The molecule has 0 saturated heterocycles. The van der Waals surface area contributed by atoms with Gasteiger partial charge in [-0.1, -0.05) is 24.3 Å². The van der Waals surface area contributed by atoms with E-state index in [-0.39, 0.29) is 47.6 Å². The molecule has 1 atom stereocenters. The number of hydrogen-bond donors (Lipinski definition) is 2. The molecule has 0 amide bonds. The van der Waals surface area contributed by atoms with E-state index < -0.39 is 0 Å². The minimum absolute atomic E-state index is 0. The average molecular weight is 515 g/mol. The van der Waals surface area contributed by atoms with Crippen molar-refractivity contribution in [2.24, 2.45) is 4.99 Å². The lowest BCUT2D eigenvalue weighted by Crippen LogP contribution is -2.42. The van der Waals surface area contributed by atoms with Crippen molar-refractivity contribution in [3.8, 4) is 5.75 Å². The molecule has 0 aromatic heterocycles. The maximum atomic E-state index is 13.6. The van der Waals surface area contributed by atoms with Crippen LogP contribution in [0.3, 0.4) is 0 Å². The number of esters is 1. The zero-order valence-corrected chi connectivity index (χ0v) is 19.1. The number of guanidine groups is 1. The normalized spacial score (nSPS) is 11.8. The van der Waals surface area contributed by atoms with Crippen LogP contribution in [0.2, 0.25) is 0 Å². The van der Waals surface area contributed by atoms with Gasteiger partial charge in [-0.05, 0) is 43.2 Å². The monoisotopic (exact) mass is 515 g/mol. The molecule has 2 N–H and O–H groups in total. The summed E-state index contributed by atoms with van der Waals surface area (Å²) in [5.41, 5.74) is 1.62. The molecule has 158 valence electrons. The molecule has 2 aromatic rings. The largest absolute Gasteiger partial charge is 0.486 e. The zero-order valence-electron chi connectivity index (χ0n) is 16.8. The van der Waals surface area contributed by atoms with Gasteiger partial charge in [-0.3, -0.25) is 4.99 Å². The van der Waals surface area contributed by atoms with E-state index in [1.54, 1.807) is 37.4 Å². The molecule has 8 heteroatoms. The molecule has 0 radical (unpaired) electrons. The summed E-state index contributed by atoms with van der Waals surface area (Å²) >= 11 is 0. The highest BCUT2D eigenvalue weighted by atomic mass is 127. The molecule has 29 heavy (non-hydrogen) atoms. The summed E-state index contributed by atoms with van der Waals surface area (Å²) in [5, 5.41) is 6.37. The Balaban J connectivity index is 0.00000420. The van der Waals surface area contributed by atoms with E-state index in [9.17, 15) is 9.18 Å². The van der Waals surface area contributed by atoms with Gasteiger partial charge in [-0.15, -0.1) is 24.0 Å². The molecule has 2 aromatic carbocycles. The summed E-state index contributed by atoms with van der Waals surface area (Å²) in [6.07, 6.45) is 0.532. The lowest BCUT2D eigenvalue weighted by molar-refractivity contribution is 0.0600. The van der Waals surface area contributed by atoms with Crippen molar-refractivity contribution < 1.29 is 18.7 Å². The first-order valence-corrected chi connectivity index (χ1v) is 9.06. The molecule has 0 aliphatic rings. The minimum atomic E-state index is -0.380. The zero-order chi connectivity index (χ0) is 20.4. The van der Waals surface area contributed by atoms with Gasteiger partial charge in [0.2, 0.25) is 0 Å². The molecule has 0 saturated carbocycles. The van der Waals surface area contributed by atoms with Gasteiger partial charge in [0.25, 0.3) is 0 Å². The second kappa shape index (κ2) is 13.0. The Bertz CT molecular complexity index is 800. The van der Waals surface area contributed by atoms with Crippen LogP contribution < -0.4 is 15.4 Å². The van der Waals surface area contributed by atoms with Gasteiger partial charge < -0.3 is 20.1 Å². The van der Waals surface area contributed by atoms with Crippen LogP contribution in [0, 0.1) is 5.82 Å². The fourth-order valence-corrected chi connectivity index (χ4v) is 2.51. The Morgan fingerprint density at radius 3 is 2.45 bits per heavy atom. The Labute approximate surface area is 187 Å². The van der Waals surface area contributed by atoms with Crippen LogP contribution in [0.4, 0.5) is 4.39 Å². The lowest BCUT2D eigenvalue weighted by atomic mass is 10.1. The molecule has 0 aliphatic carbocycles. The molecule has 0 bridgehead atoms. The summed E-state index contributed by atoms with van der Waals surface area (Å²) in [4.78, 5) is 15.6. The van der Waals surface area contributed by atoms with E-state index >= 15 is 0 Å². The van der Waals surface area contributed by atoms with Crippen molar-refractivity contribution >= 4 is 35.9 Å².